The zero-order valence-electron chi connectivity index (χ0n) is 37.3. The van der Waals surface area contributed by atoms with Gasteiger partial charge >= 0.3 is 11.9 Å². The minimum atomic E-state index is -0.436. The molecule has 2 heterocycles. The van der Waals surface area contributed by atoms with Crippen molar-refractivity contribution in [1.29, 1.82) is 0 Å². The van der Waals surface area contributed by atoms with E-state index in [1.807, 2.05) is 48.5 Å². The number of nitrogens with one attached hydrogen (secondary N) is 1. The highest BCUT2D eigenvalue weighted by molar-refractivity contribution is 7.17. The minimum absolute atomic E-state index is 0.0162. The summed E-state index contributed by atoms with van der Waals surface area (Å²) in [5, 5.41) is 8.13. The first-order valence-electron chi connectivity index (χ1n) is 21.9. The van der Waals surface area contributed by atoms with Crippen LogP contribution in [0.1, 0.15) is 125 Å². The number of likely N-dealkylation sites (N-methyl/N-ethyl adjacent to an activating group) is 1. The molecule has 6 rings (SSSR count). The molecule has 1 N–H and O–H groups in total. The molecule has 1 aliphatic carbocycles. The van der Waals surface area contributed by atoms with E-state index in [4.69, 9.17) is 9.47 Å². The first-order chi connectivity index (χ1) is 30.3. The van der Waals surface area contributed by atoms with Gasteiger partial charge in [0, 0.05) is 55.8 Å². The van der Waals surface area contributed by atoms with Crippen molar-refractivity contribution >= 4 is 45.9 Å². The van der Waals surface area contributed by atoms with Gasteiger partial charge in [-0.2, -0.15) is 5.10 Å². The first-order valence-corrected chi connectivity index (χ1v) is 22.7. The topological polar surface area (TPSA) is 140 Å². The Hall–Kier alpha value is -5.92. The maximum atomic E-state index is 14.5. The van der Waals surface area contributed by atoms with Crippen LogP contribution in [0.5, 0.6) is 0 Å². The van der Waals surface area contributed by atoms with Gasteiger partial charge in [-0.25, -0.2) is 9.48 Å². The van der Waals surface area contributed by atoms with E-state index in [1.165, 1.54) is 17.5 Å². The van der Waals surface area contributed by atoms with Crippen LogP contribution in [-0.4, -0.2) is 81.9 Å². The molecule has 12 nitrogen and oxygen atoms in total. The zero-order valence-corrected chi connectivity index (χ0v) is 38.1. The van der Waals surface area contributed by atoms with Gasteiger partial charge in [-0.1, -0.05) is 76.2 Å². The summed E-state index contributed by atoms with van der Waals surface area (Å²) in [7, 11) is 1.76. The summed E-state index contributed by atoms with van der Waals surface area (Å²) < 4.78 is 12.1. The third-order valence-corrected chi connectivity index (χ3v) is 12.8. The van der Waals surface area contributed by atoms with E-state index in [2.05, 4.69) is 43.0 Å². The quantitative estimate of drug-likeness (QED) is 0.0599. The van der Waals surface area contributed by atoms with Gasteiger partial charge in [0.25, 0.3) is 5.91 Å². The van der Waals surface area contributed by atoms with Crippen LogP contribution in [0, 0.1) is 5.41 Å². The summed E-state index contributed by atoms with van der Waals surface area (Å²) >= 11 is 1.47. The number of anilines is 1. The highest BCUT2D eigenvalue weighted by Crippen LogP contribution is 2.44. The smallest absolute Gasteiger partial charge is 0.338 e. The van der Waals surface area contributed by atoms with Crippen molar-refractivity contribution in [3.8, 4) is 5.69 Å². The minimum Gasteiger partial charge on any atom is -0.462 e. The van der Waals surface area contributed by atoms with Crippen LogP contribution in [0.3, 0.4) is 0 Å². The van der Waals surface area contributed by atoms with E-state index in [9.17, 15) is 24.0 Å². The van der Waals surface area contributed by atoms with Gasteiger partial charge in [-0.15, -0.1) is 11.3 Å². The van der Waals surface area contributed by atoms with Gasteiger partial charge < -0.3 is 19.7 Å². The second-order valence-electron chi connectivity index (χ2n) is 16.9. The molecule has 2 amide bonds. The van der Waals surface area contributed by atoms with Crippen molar-refractivity contribution in [1.82, 2.24) is 19.6 Å². The normalized spacial score (nSPS) is 13.1. The van der Waals surface area contributed by atoms with Crippen LogP contribution in [0.25, 0.3) is 5.69 Å². The van der Waals surface area contributed by atoms with Crippen LogP contribution in [0.4, 0.5) is 5.00 Å². The fourth-order valence-corrected chi connectivity index (χ4v) is 9.48. The SMILES string of the molecule is CCOC(=O)c1cccc(-n2cc(C(=O)c3c(NC(=O)c4cccc(CN(CCN(C)C(=O)CCC(=O)OCc5ccccc5)C(CC)CC)c4)sc4c3CCC(C)(C)C4)cn2)c1. The maximum absolute atomic E-state index is 14.5. The van der Waals surface area contributed by atoms with Gasteiger partial charge in [0.15, 0.2) is 5.78 Å². The van der Waals surface area contributed by atoms with Crippen LogP contribution in [0.15, 0.2) is 91.3 Å². The molecule has 0 aliphatic heterocycles. The molecular formula is C50H59N5O7S. The van der Waals surface area contributed by atoms with Crippen molar-refractivity contribution in [2.45, 2.75) is 98.8 Å². The van der Waals surface area contributed by atoms with Crippen LogP contribution < -0.4 is 5.32 Å². The van der Waals surface area contributed by atoms with Crippen molar-refractivity contribution in [2.24, 2.45) is 5.41 Å². The molecule has 2 aromatic heterocycles. The number of benzene rings is 3. The third-order valence-electron chi connectivity index (χ3n) is 11.7. The summed E-state index contributed by atoms with van der Waals surface area (Å²) in [6.07, 6.45) is 7.52. The van der Waals surface area contributed by atoms with E-state index in [0.29, 0.717) is 52.6 Å². The summed E-state index contributed by atoms with van der Waals surface area (Å²) in [4.78, 5) is 71.5. The van der Waals surface area contributed by atoms with Crippen molar-refractivity contribution < 1.29 is 33.4 Å². The standard InChI is InChI=1S/C50H59N5O7S/c1-7-39(8-2)54(26-25-53(6)43(56)21-22-44(57)62-33-34-15-11-10-12-16-34)31-35-17-13-18-36(27-35)47(59)52-48-45(41-23-24-50(4,5)29-42(41)63-48)46(58)38-30-51-55(32-38)40-20-14-19-37(28-40)49(60)61-9-3/h10-20,27-28,30,32,39H,7-9,21-26,29,31,33H2,1-6H3,(H,52,59). The van der Waals surface area contributed by atoms with Gasteiger partial charge in [0.1, 0.15) is 11.6 Å². The second kappa shape index (κ2) is 21.4. The predicted molar refractivity (Wildman–Crippen MR) is 245 cm³/mol. The molecule has 0 spiro atoms. The van der Waals surface area contributed by atoms with Crippen molar-refractivity contribution in [3.05, 3.63) is 135 Å². The number of aromatic nitrogens is 2. The number of ether oxygens (including phenoxy) is 2. The van der Waals surface area contributed by atoms with Gasteiger partial charge in [-0.05, 0) is 91.5 Å². The highest BCUT2D eigenvalue weighted by Gasteiger charge is 2.34. The Balaban J connectivity index is 1.14. The molecule has 0 bridgehead atoms. The molecule has 0 fully saturated rings. The number of hydrogen-bond acceptors (Lipinski definition) is 10. The Morgan fingerprint density at radius 2 is 1.59 bits per heavy atom. The number of amides is 2. The number of esters is 2. The summed E-state index contributed by atoms with van der Waals surface area (Å²) in [5.41, 5.74) is 5.21. The molecule has 5 aromatic rings. The summed E-state index contributed by atoms with van der Waals surface area (Å²) in [5.74, 6) is -1.50. The molecule has 0 radical (unpaired) electrons. The predicted octanol–water partition coefficient (Wildman–Crippen LogP) is 9.08. The average molecular weight is 874 g/mol. The average Bonchev–Trinajstić information content (AvgIpc) is 3.92. The van der Waals surface area contributed by atoms with E-state index < -0.39 is 11.9 Å². The molecule has 1 aliphatic rings. The number of ketones is 1. The number of fused-ring (bicyclic) bond motifs is 1. The molecule has 0 unspecified atom stereocenters. The Bertz CT molecular complexity index is 2400. The molecule has 13 heteroatoms. The lowest BCUT2D eigenvalue weighted by molar-refractivity contribution is -0.147. The molecule has 3 aromatic carbocycles. The van der Waals surface area contributed by atoms with E-state index in [0.717, 1.165) is 53.7 Å². The number of carbonyl (C=O) groups is 5. The third kappa shape index (κ3) is 12.2. The number of hydrogen-bond donors (Lipinski definition) is 1. The van der Waals surface area contributed by atoms with Gasteiger partial charge in [0.2, 0.25) is 5.91 Å². The number of thiophene rings is 1. The van der Waals surface area contributed by atoms with Crippen molar-refractivity contribution in [2.75, 3.05) is 32.1 Å². The lowest BCUT2D eigenvalue weighted by atomic mass is 9.76. The molecule has 332 valence electrons. The summed E-state index contributed by atoms with van der Waals surface area (Å²) in [6, 6.07) is 24.2. The summed E-state index contributed by atoms with van der Waals surface area (Å²) in [6.45, 7) is 12.6. The lowest BCUT2D eigenvalue weighted by Crippen LogP contribution is -2.41. The maximum Gasteiger partial charge on any atom is 0.338 e. The Morgan fingerprint density at radius 1 is 0.857 bits per heavy atom. The molecular weight excluding hydrogens is 815 g/mol. The number of carbonyl (C=O) groups excluding carboxylic acids is 5. The number of rotatable bonds is 20. The Labute approximate surface area is 374 Å². The van der Waals surface area contributed by atoms with Crippen molar-refractivity contribution in [3.63, 3.8) is 0 Å². The van der Waals surface area contributed by atoms with Crippen LogP contribution >= 0.6 is 11.3 Å². The first kappa shape index (κ1) is 46.6. The fraction of sp³-hybridized carbons (Fsp3) is 0.400. The monoisotopic (exact) mass is 873 g/mol. The van der Waals surface area contributed by atoms with E-state index >= 15 is 0 Å². The van der Waals surface area contributed by atoms with Crippen LogP contribution in [-0.2, 0) is 45.1 Å². The fourth-order valence-electron chi connectivity index (χ4n) is 7.98. The van der Waals surface area contributed by atoms with E-state index in [1.54, 1.807) is 60.1 Å². The lowest BCUT2D eigenvalue weighted by Gasteiger charge is -2.32. The zero-order chi connectivity index (χ0) is 45.1. The Morgan fingerprint density at radius 3 is 2.33 bits per heavy atom. The largest absolute Gasteiger partial charge is 0.462 e. The van der Waals surface area contributed by atoms with E-state index in [-0.39, 0.29) is 55.1 Å². The number of nitrogens with zero attached hydrogens (tertiary/aromatic N) is 4. The molecule has 0 saturated heterocycles. The molecule has 0 atom stereocenters. The Kier molecular flexibility index (Phi) is 15.9. The second-order valence-corrected chi connectivity index (χ2v) is 18.0. The van der Waals surface area contributed by atoms with Crippen LogP contribution in [0.2, 0.25) is 0 Å². The molecule has 0 saturated carbocycles. The van der Waals surface area contributed by atoms with Gasteiger partial charge in [-0.3, -0.25) is 24.1 Å². The molecule has 63 heavy (non-hydrogen) atoms. The van der Waals surface area contributed by atoms with Gasteiger partial charge in [0.05, 0.1) is 41.6 Å². The highest BCUT2D eigenvalue weighted by atomic mass is 32.1.